The zero-order valence-corrected chi connectivity index (χ0v) is 24.7. The first kappa shape index (κ1) is 31.9. The fourth-order valence-corrected chi connectivity index (χ4v) is 4.54. The van der Waals surface area contributed by atoms with Crippen molar-refractivity contribution >= 4 is 11.9 Å². The Balaban J connectivity index is 1.48. The van der Waals surface area contributed by atoms with Crippen molar-refractivity contribution in [2.24, 2.45) is 0 Å². The van der Waals surface area contributed by atoms with Gasteiger partial charge in [-0.05, 0) is 56.0 Å². The normalized spacial score (nSPS) is 11.7. The Morgan fingerprint density at radius 1 is 0.805 bits per heavy atom. The van der Waals surface area contributed by atoms with Crippen molar-refractivity contribution < 1.29 is 23.5 Å². The monoisotopic (exact) mass is 562 g/mol. The van der Waals surface area contributed by atoms with Crippen LogP contribution < -0.4 is 4.74 Å². The minimum Gasteiger partial charge on any atom is -0.459 e. The number of aromatic nitrogens is 2. The molecule has 1 aromatic heterocycles. The van der Waals surface area contributed by atoms with Gasteiger partial charge in [0.05, 0.1) is 17.2 Å². The third-order valence-corrected chi connectivity index (χ3v) is 7.05. The fourth-order valence-electron chi connectivity index (χ4n) is 4.54. The number of aryl methyl sites for hydroxylation is 1. The van der Waals surface area contributed by atoms with Gasteiger partial charge >= 0.3 is 11.9 Å². The molecule has 3 aromatic rings. The lowest BCUT2D eigenvalue weighted by Crippen LogP contribution is -2.16. The first-order chi connectivity index (χ1) is 19.9. The van der Waals surface area contributed by atoms with E-state index in [9.17, 15) is 14.0 Å². The van der Waals surface area contributed by atoms with Crippen LogP contribution in [0.4, 0.5) is 4.39 Å². The van der Waals surface area contributed by atoms with Crippen LogP contribution in [0.2, 0.25) is 0 Å². The van der Waals surface area contributed by atoms with Gasteiger partial charge in [0.15, 0.2) is 5.82 Å². The minimum absolute atomic E-state index is 0.00238. The van der Waals surface area contributed by atoms with Crippen LogP contribution in [0.15, 0.2) is 54.9 Å². The van der Waals surface area contributed by atoms with E-state index in [0.29, 0.717) is 11.4 Å². The van der Waals surface area contributed by atoms with Crippen LogP contribution in [0.25, 0.3) is 11.4 Å². The lowest BCUT2D eigenvalue weighted by molar-refractivity contribution is 0.0315. The van der Waals surface area contributed by atoms with Gasteiger partial charge in [0.2, 0.25) is 0 Å². The highest BCUT2D eigenvalue weighted by Gasteiger charge is 2.18. The smallest absolute Gasteiger partial charge is 0.343 e. The molecule has 0 radical (unpaired) electrons. The number of unbranched alkanes of at least 4 members (excludes halogenated alkanes) is 8. The van der Waals surface area contributed by atoms with Gasteiger partial charge in [-0.15, -0.1) is 0 Å². The lowest BCUT2D eigenvalue weighted by atomic mass is 10.1. The molecular formula is C34H43FN2O4. The highest BCUT2D eigenvalue weighted by Crippen LogP contribution is 2.21. The van der Waals surface area contributed by atoms with Crippen molar-refractivity contribution in [1.29, 1.82) is 0 Å². The number of ether oxygens (including phenoxy) is 2. The molecule has 220 valence electrons. The zero-order chi connectivity index (χ0) is 29.5. The summed E-state index contributed by atoms with van der Waals surface area (Å²) in [6, 6.07) is 10.4. The van der Waals surface area contributed by atoms with E-state index >= 15 is 0 Å². The van der Waals surface area contributed by atoms with Crippen molar-refractivity contribution in [3.05, 3.63) is 77.4 Å². The van der Waals surface area contributed by atoms with E-state index < -0.39 is 17.8 Å². The number of halogens is 1. The minimum atomic E-state index is -0.804. The maximum atomic E-state index is 14.6. The summed E-state index contributed by atoms with van der Waals surface area (Å²) in [4.78, 5) is 33.9. The highest BCUT2D eigenvalue weighted by atomic mass is 19.1. The number of hydrogen-bond acceptors (Lipinski definition) is 6. The molecule has 6 nitrogen and oxygen atoms in total. The third-order valence-electron chi connectivity index (χ3n) is 7.05. The van der Waals surface area contributed by atoms with E-state index in [1.54, 1.807) is 31.2 Å². The second kappa shape index (κ2) is 17.3. The van der Waals surface area contributed by atoms with E-state index in [1.807, 2.05) is 19.3 Å². The van der Waals surface area contributed by atoms with Crippen molar-refractivity contribution in [2.75, 3.05) is 0 Å². The van der Waals surface area contributed by atoms with Crippen LogP contribution in [-0.4, -0.2) is 28.0 Å². The molecule has 41 heavy (non-hydrogen) atoms. The van der Waals surface area contributed by atoms with Gasteiger partial charge < -0.3 is 9.47 Å². The Hall–Kier alpha value is -3.61. The number of carbonyl (C=O) groups is 2. The molecule has 0 fully saturated rings. The second-order valence-corrected chi connectivity index (χ2v) is 10.6. The standard InChI is InChI=1S/C34H43FN2O4/c1-4-6-8-9-10-11-12-13-15-26-23-36-32(37-24-26)27-16-18-28(19-17-27)33(38)41-29-20-21-30(31(35)22-29)34(39)40-25(3)14-7-5-2/h16-25H,4-15H2,1-3H3/t25-/m1/s1. The molecule has 0 saturated carbocycles. The topological polar surface area (TPSA) is 78.4 Å². The van der Waals surface area contributed by atoms with Gasteiger partial charge in [-0.1, -0.05) is 83.8 Å². The number of carbonyl (C=O) groups excluding carboxylic acids is 2. The summed E-state index contributed by atoms with van der Waals surface area (Å²) >= 11 is 0. The molecule has 0 unspecified atom stereocenters. The van der Waals surface area contributed by atoms with E-state index in [1.165, 1.54) is 57.1 Å². The van der Waals surface area contributed by atoms with E-state index in [4.69, 9.17) is 9.47 Å². The highest BCUT2D eigenvalue weighted by molar-refractivity contribution is 5.92. The predicted octanol–water partition coefficient (Wildman–Crippen LogP) is 8.92. The van der Waals surface area contributed by atoms with Crippen LogP contribution in [-0.2, 0) is 11.2 Å². The van der Waals surface area contributed by atoms with Crippen molar-refractivity contribution in [1.82, 2.24) is 9.97 Å². The number of nitrogens with zero attached hydrogens (tertiary/aromatic N) is 2. The molecule has 3 rings (SSSR count). The van der Waals surface area contributed by atoms with Crippen molar-refractivity contribution in [3.8, 4) is 17.1 Å². The molecule has 0 aliphatic heterocycles. The molecule has 0 bridgehead atoms. The summed E-state index contributed by atoms with van der Waals surface area (Å²) in [5.41, 5.74) is 2.01. The summed E-state index contributed by atoms with van der Waals surface area (Å²) in [6.45, 7) is 6.07. The molecule has 0 saturated heterocycles. The number of benzene rings is 2. The fraction of sp³-hybridized carbons (Fsp3) is 0.471. The Kier molecular flexibility index (Phi) is 13.4. The largest absolute Gasteiger partial charge is 0.459 e. The van der Waals surface area contributed by atoms with Crippen LogP contribution in [0, 0.1) is 5.82 Å². The van der Waals surface area contributed by atoms with E-state index in [2.05, 4.69) is 16.9 Å². The zero-order valence-electron chi connectivity index (χ0n) is 24.7. The van der Waals surface area contributed by atoms with E-state index in [-0.39, 0.29) is 17.4 Å². The molecule has 2 aromatic carbocycles. The van der Waals surface area contributed by atoms with Crippen LogP contribution in [0.3, 0.4) is 0 Å². The Morgan fingerprint density at radius 3 is 2.07 bits per heavy atom. The molecule has 1 atom stereocenters. The summed E-state index contributed by atoms with van der Waals surface area (Å²) in [6.07, 6.45) is 17.3. The summed E-state index contributed by atoms with van der Waals surface area (Å²) < 4.78 is 25.2. The summed E-state index contributed by atoms with van der Waals surface area (Å²) in [5, 5.41) is 0. The quantitative estimate of drug-likeness (QED) is 0.0928. The number of rotatable bonds is 17. The maximum absolute atomic E-state index is 14.6. The Labute approximate surface area is 243 Å². The van der Waals surface area contributed by atoms with Crippen LogP contribution in [0.1, 0.15) is 118 Å². The molecule has 0 amide bonds. The molecule has 1 heterocycles. The Bertz CT molecular complexity index is 1230. The van der Waals surface area contributed by atoms with Crippen LogP contribution in [0.5, 0.6) is 5.75 Å². The van der Waals surface area contributed by atoms with Gasteiger partial charge in [0.25, 0.3) is 0 Å². The molecule has 0 spiro atoms. The third kappa shape index (κ3) is 10.7. The molecule has 0 aliphatic carbocycles. The lowest BCUT2D eigenvalue weighted by Gasteiger charge is -2.13. The molecular weight excluding hydrogens is 519 g/mol. The van der Waals surface area contributed by atoms with Gasteiger partial charge in [-0.2, -0.15) is 0 Å². The summed E-state index contributed by atoms with van der Waals surface area (Å²) in [5.74, 6) is -1.59. The predicted molar refractivity (Wildman–Crippen MR) is 160 cm³/mol. The molecule has 0 N–H and O–H groups in total. The first-order valence-corrected chi connectivity index (χ1v) is 15.0. The summed E-state index contributed by atoms with van der Waals surface area (Å²) in [7, 11) is 0. The number of hydrogen-bond donors (Lipinski definition) is 0. The molecule has 7 heteroatoms. The second-order valence-electron chi connectivity index (χ2n) is 10.6. The van der Waals surface area contributed by atoms with Gasteiger partial charge in [-0.3, -0.25) is 0 Å². The van der Waals surface area contributed by atoms with Gasteiger partial charge in [-0.25, -0.2) is 23.9 Å². The van der Waals surface area contributed by atoms with Crippen molar-refractivity contribution in [2.45, 2.75) is 104 Å². The van der Waals surface area contributed by atoms with Gasteiger partial charge in [0, 0.05) is 24.0 Å². The van der Waals surface area contributed by atoms with Gasteiger partial charge in [0.1, 0.15) is 11.6 Å². The maximum Gasteiger partial charge on any atom is 0.343 e. The SMILES string of the molecule is CCCCCCCCCCc1cnc(-c2ccc(C(=O)Oc3ccc(C(=O)O[C@H](C)CCCC)c(F)c3)cc2)nc1. The Morgan fingerprint density at radius 2 is 1.44 bits per heavy atom. The average Bonchev–Trinajstić information content (AvgIpc) is 2.98. The van der Waals surface area contributed by atoms with E-state index in [0.717, 1.165) is 49.3 Å². The average molecular weight is 563 g/mol. The first-order valence-electron chi connectivity index (χ1n) is 15.0. The molecule has 0 aliphatic rings. The number of esters is 2. The van der Waals surface area contributed by atoms with Crippen LogP contribution >= 0.6 is 0 Å². The van der Waals surface area contributed by atoms with Crippen molar-refractivity contribution in [3.63, 3.8) is 0 Å².